The Kier molecular flexibility index (Phi) is 4.55. The fourth-order valence-electron chi connectivity index (χ4n) is 2.18. The van der Waals surface area contributed by atoms with Crippen LogP contribution in [0.2, 0.25) is 0 Å². The predicted octanol–water partition coefficient (Wildman–Crippen LogP) is 2.22. The standard InChI is InChI=1S/C12H19IN4/c1-9(2)17-4-3-10(7-17)5-15-12-11(13)6-14-8-16-12/h6,8-10H,3-5,7H2,1-2H3,(H,14,15,16). The molecule has 1 aromatic rings. The number of halogens is 1. The number of hydrogen-bond donors (Lipinski definition) is 1. The van der Waals surface area contributed by atoms with E-state index in [1.807, 2.05) is 6.20 Å². The van der Waals surface area contributed by atoms with Crippen molar-refractivity contribution in [3.05, 3.63) is 16.1 Å². The smallest absolute Gasteiger partial charge is 0.142 e. The molecule has 1 saturated heterocycles. The first-order chi connectivity index (χ1) is 8.16. The number of nitrogens with one attached hydrogen (secondary N) is 1. The third-order valence-electron chi connectivity index (χ3n) is 3.27. The summed E-state index contributed by atoms with van der Waals surface area (Å²) in [5.41, 5.74) is 0. The maximum Gasteiger partial charge on any atom is 0.142 e. The largest absolute Gasteiger partial charge is 0.369 e. The minimum atomic E-state index is 0.666. The molecule has 1 aliphatic heterocycles. The molecular formula is C12H19IN4. The summed E-state index contributed by atoms with van der Waals surface area (Å²) < 4.78 is 1.09. The molecule has 0 spiro atoms. The molecule has 1 N–H and O–H groups in total. The van der Waals surface area contributed by atoms with Gasteiger partial charge in [0.05, 0.1) is 3.57 Å². The van der Waals surface area contributed by atoms with Crippen LogP contribution < -0.4 is 5.32 Å². The Balaban J connectivity index is 1.82. The Morgan fingerprint density at radius 3 is 3.06 bits per heavy atom. The van der Waals surface area contributed by atoms with E-state index in [-0.39, 0.29) is 0 Å². The quantitative estimate of drug-likeness (QED) is 0.849. The first kappa shape index (κ1) is 13.0. The zero-order chi connectivity index (χ0) is 12.3. The van der Waals surface area contributed by atoms with Crippen molar-refractivity contribution in [3.63, 3.8) is 0 Å². The summed E-state index contributed by atoms with van der Waals surface area (Å²) in [5, 5.41) is 3.43. The van der Waals surface area contributed by atoms with E-state index in [2.05, 4.69) is 56.6 Å². The van der Waals surface area contributed by atoms with Crippen molar-refractivity contribution in [2.24, 2.45) is 5.92 Å². The van der Waals surface area contributed by atoms with Gasteiger partial charge in [-0.15, -0.1) is 0 Å². The van der Waals surface area contributed by atoms with Crippen LogP contribution in [0.25, 0.3) is 0 Å². The van der Waals surface area contributed by atoms with Crippen molar-refractivity contribution in [1.29, 1.82) is 0 Å². The van der Waals surface area contributed by atoms with Crippen molar-refractivity contribution in [2.45, 2.75) is 26.3 Å². The molecule has 2 heterocycles. The normalized spacial score (nSPS) is 21.1. The average Bonchev–Trinajstić information content (AvgIpc) is 2.77. The summed E-state index contributed by atoms with van der Waals surface area (Å²) in [6.07, 6.45) is 4.72. The highest BCUT2D eigenvalue weighted by atomic mass is 127. The fourth-order valence-corrected chi connectivity index (χ4v) is 2.67. The molecule has 2 rings (SSSR count). The van der Waals surface area contributed by atoms with Gasteiger partial charge in [-0.25, -0.2) is 9.97 Å². The summed E-state index contributed by atoms with van der Waals surface area (Å²) in [4.78, 5) is 10.8. The van der Waals surface area contributed by atoms with Crippen LogP contribution >= 0.6 is 22.6 Å². The van der Waals surface area contributed by atoms with Crippen LogP contribution in [0.5, 0.6) is 0 Å². The molecule has 4 nitrogen and oxygen atoms in total. The van der Waals surface area contributed by atoms with Gasteiger partial charge < -0.3 is 10.2 Å². The van der Waals surface area contributed by atoms with Gasteiger partial charge in [0.1, 0.15) is 12.1 Å². The second-order valence-corrected chi connectivity index (χ2v) is 6.01. The van der Waals surface area contributed by atoms with E-state index in [0.717, 1.165) is 21.9 Å². The third-order valence-corrected chi connectivity index (χ3v) is 4.06. The van der Waals surface area contributed by atoms with Crippen LogP contribution in [-0.4, -0.2) is 40.5 Å². The van der Waals surface area contributed by atoms with Gasteiger partial charge in [0, 0.05) is 25.3 Å². The fraction of sp³-hybridized carbons (Fsp3) is 0.667. The lowest BCUT2D eigenvalue weighted by molar-refractivity contribution is 0.266. The van der Waals surface area contributed by atoms with Gasteiger partial charge in [-0.3, -0.25) is 0 Å². The average molecular weight is 346 g/mol. The lowest BCUT2D eigenvalue weighted by Crippen LogP contribution is -2.29. The predicted molar refractivity (Wildman–Crippen MR) is 78.1 cm³/mol. The van der Waals surface area contributed by atoms with Gasteiger partial charge in [0.25, 0.3) is 0 Å². The maximum atomic E-state index is 4.25. The zero-order valence-electron chi connectivity index (χ0n) is 10.4. The monoisotopic (exact) mass is 346 g/mol. The van der Waals surface area contributed by atoms with Crippen LogP contribution in [0, 0.1) is 9.49 Å². The van der Waals surface area contributed by atoms with Gasteiger partial charge in [0.15, 0.2) is 0 Å². The molecular weight excluding hydrogens is 327 g/mol. The van der Waals surface area contributed by atoms with Crippen LogP contribution in [-0.2, 0) is 0 Å². The lowest BCUT2D eigenvalue weighted by atomic mass is 10.1. The third kappa shape index (κ3) is 3.51. The Morgan fingerprint density at radius 1 is 1.59 bits per heavy atom. The van der Waals surface area contributed by atoms with Crippen LogP contribution in [0.4, 0.5) is 5.82 Å². The highest BCUT2D eigenvalue weighted by Crippen LogP contribution is 2.20. The van der Waals surface area contributed by atoms with Crippen LogP contribution in [0.15, 0.2) is 12.5 Å². The van der Waals surface area contributed by atoms with Gasteiger partial charge in [0.2, 0.25) is 0 Å². The number of hydrogen-bond acceptors (Lipinski definition) is 4. The molecule has 0 bridgehead atoms. The van der Waals surface area contributed by atoms with Crippen molar-refractivity contribution in [3.8, 4) is 0 Å². The highest BCUT2D eigenvalue weighted by molar-refractivity contribution is 14.1. The SMILES string of the molecule is CC(C)N1CCC(CNc2ncncc2I)C1. The first-order valence-electron chi connectivity index (χ1n) is 6.10. The second kappa shape index (κ2) is 5.95. The highest BCUT2D eigenvalue weighted by Gasteiger charge is 2.23. The molecule has 0 radical (unpaired) electrons. The number of nitrogens with zero attached hydrogens (tertiary/aromatic N) is 3. The lowest BCUT2D eigenvalue weighted by Gasteiger charge is -2.20. The summed E-state index contributed by atoms with van der Waals surface area (Å²) in [5.74, 6) is 1.70. The van der Waals surface area contributed by atoms with Crippen molar-refractivity contribution < 1.29 is 0 Å². The number of likely N-dealkylation sites (tertiary alicyclic amines) is 1. The maximum absolute atomic E-state index is 4.25. The molecule has 17 heavy (non-hydrogen) atoms. The number of anilines is 1. The second-order valence-electron chi connectivity index (χ2n) is 4.84. The van der Waals surface area contributed by atoms with E-state index >= 15 is 0 Å². The molecule has 94 valence electrons. The van der Waals surface area contributed by atoms with E-state index in [4.69, 9.17) is 0 Å². The molecule has 0 aliphatic carbocycles. The molecule has 1 aliphatic rings. The molecule has 0 aromatic carbocycles. The summed E-state index contributed by atoms with van der Waals surface area (Å²) in [7, 11) is 0. The summed E-state index contributed by atoms with van der Waals surface area (Å²) >= 11 is 2.26. The minimum Gasteiger partial charge on any atom is -0.369 e. The zero-order valence-corrected chi connectivity index (χ0v) is 12.5. The van der Waals surface area contributed by atoms with Crippen molar-refractivity contribution >= 4 is 28.4 Å². The van der Waals surface area contributed by atoms with E-state index in [1.54, 1.807) is 6.33 Å². The molecule has 1 fully saturated rings. The number of aromatic nitrogens is 2. The van der Waals surface area contributed by atoms with Gasteiger partial charge in [-0.2, -0.15) is 0 Å². The number of rotatable bonds is 4. The van der Waals surface area contributed by atoms with E-state index < -0.39 is 0 Å². The minimum absolute atomic E-state index is 0.666. The van der Waals surface area contributed by atoms with Gasteiger partial charge in [-0.05, 0) is 55.3 Å². The molecule has 0 amide bonds. The topological polar surface area (TPSA) is 41.0 Å². The Hall–Kier alpha value is -0.430. The Morgan fingerprint density at radius 2 is 2.41 bits per heavy atom. The van der Waals surface area contributed by atoms with E-state index in [0.29, 0.717) is 6.04 Å². The Bertz CT molecular complexity index is 369. The van der Waals surface area contributed by atoms with Crippen LogP contribution in [0.3, 0.4) is 0 Å². The Labute approximate surface area is 116 Å². The molecule has 1 atom stereocenters. The van der Waals surface area contributed by atoms with Gasteiger partial charge >= 0.3 is 0 Å². The van der Waals surface area contributed by atoms with E-state index in [9.17, 15) is 0 Å². The molecule has 5 heteroatoms. The van der Waals surface area contributed by atoms with Crippen molar-refractivity contribution in [2.75, 3.05) is 25.0 Å². The molecule has 1 aromatic heterocycles. The van der Waals surface area contributed by atoms with Crippen molar-refractivity contribution in [1.82, 2.24) is 14.9 Å². The summed E-state index contributed by atoms with van der Waals surface area (Å²) in [6.45, 7) is 7.97. The van der Waals surface area contributed by atoms with E-state index in [1.165, 1.54) is 19.5 Å². The summed E-state index contributed by atoms with van der Waals surface area (Å²) in [6, 6.07) is 0.666. The molecule has 0 saturated carbocycles. The molecule has 1 unspecified atom stereocenters. The van der Waals surface area contributed by atoms with Gasteiger partial charge in [-0.1, -0.05) is 0 Å². The first-order valence-corrected chi connectivity index (χ1v) is 7.18. The van der Waals surface area contributed by atoms with Crippen LogP contribution in [0.1, 0.15) is 20.3 Å².